The Hall–Kier alpha value is -2.75. The molecule has 0 spiro atoms. The van der Waals surface area contributed by atoms with Crippen LogP contribution in [0, 0.1) is 0 Å². The highest BCUT2D eigenvalue weighted by molar-refractivity contribution is 5.87. The monoisotopic (exact) mass is 331 g/mol. The minimum atomic E-state index is -0.650. The summed E-state index contributed by atoms with van der Waals surface area (Å²) in [6, 6.07) is 17.9. The smallest absolute Gasteiger partial charge is 0.162 e. The van der Waals surface area contributed by atoms with Crippen molar-refractivity contribution < 1.29 is 4.79 Å². The lowest BCUT2D eigenvalue weighted by Crippen LogP contribution is -2.45. The van der Waals surface area contributed by atoms with Gasteiger partial charge in [-0.05, 0) is 37.0 Å². The Kier molecular flexibility index (Phi) is 4.18. The van der Waals surface area contributed by atoms with Gasteiger partial charge in [-0.25, -0.2) is 0 Å². The van der Waals surface area contributed by atoms with Crippen molar-refractivity contribution in [1.29, 1.82) is 0 Å². The van der Waals surface area contributed by atoms with E-state index in [-0.39, 0.29) is 5.78 Å². The van der Waals surface area contributed by atoms with Crippen molar-refractivity contribution >= 4 is 22.9 Å². The molecule has 126 valence electrons. The number of hydrogen-bond donors (Lipinski definition) is 0. The van der Waals surface area contributed by atoms with Gasteiger partial charge in [0.05, 0.1) is 0 Å². The molecule has 1 aliphatic rings. The van der Waals surface area contributed by atoms with Gasteiger partial charge < -0.3 is 0 Å². The number of carbonyl (C=O) groups is 1. The number of carbonyl (C=O) groups excluding carboxylic acids is 1. The Morgan fingerprint density at radius 1 is 0.960 bits per heavy atom. The fraction of sp³-hybridized carbons (Fsp3) is 0.286. The fourth-order valence-corrected chi connectivity index (χ4v) is 3.59. The highest BCUT2D eigenvalue weighted by atomic mass is 16.1. The summed E-state index contributed by atoms with van der Waals surface area (Å²) in [4.78, 5) is 14.6. The molecule has 4 heteroatoms. The first-order valence-corrected chi connectivity index (χ1v) is 8.85. The third-order valence-electron chi connectivity index (χ3n) is 5.00. The van der Waals surface area contributed by atoms with Gasteiger partial charge >= 0.3 is 0 Å². The van der Waals surface area contributed by atoms with Crippen LogP contribution in [0.15, 0.2) is 60.7 Å². The molecule has 1 aliphatic carbocycles. The van der Waals surface area contributed by atoms with E-state index in [4.69, 9.17) is 0 Å². The molecule has 0 aliphatic heterocycles. The third-order valence-corrected chi connectivity index (χ3v) is 5.00. The lowest BCUT2D eigenvalue weighted by molar-refractivity contribution is -0.131. The Morgan fingerprint density at radius 2 is 1.64 bits per heavy atom. The van der Waals surface area contributed by atoms with Gasteiger partial charge in [0.1, 0.15) is 16.6 Å². The van der Waals surface area contributed by atoms with E-state index in [1.165, 1.54) is 0 Å². The molecule has 1 fully saturated rings. The number of ketones is 1. The molecule has 2 aromatic carbocycles. The summed E-state index contributed by atoms with van der Waals surface area (Å²) in [5.74, 6) is 0.247. The maximum atomic E-state index is 12.9. The lowest BCUT2D eigenvalue weighted by Gasteiger charge is -2.33. The first-order chi connectivity index (χ1) is 12.3. The quantitative estimate of drug-likeness (QED) is 0.713. The fourth-order valence-electron chi connectivity index (χ4n) is 3.59. The summed E-state index contributed by atoms with van der Waals surface area (Å²) < 4.78 is 0. The number of allylic oxidation sites excluding steroid dienone is 1. The minimum Gasteiger partial charge on any atom is -0.297 e. The largest absolute Gasteiger partial charge is 0.297 e. The predicted molar refractivity (Wildman–Crippen MR) is 99.1 cm³/mol. The molecule has 25 heavy (non-hydrogen) atoms. The van der Waals surface area contributed by atoms with Crippen molar-refractivity contribution in [3.63, 3.8) is 0 Å². The predicted octanol–water partition coefficient (Wildman–Crippen LogP) is 4.37. The summed E-state index contributed by atoms with van der Waals surface area (Å²) in [5, 5.41) is 9.27. The standard InChI is InChI=1S/C21H21N3O/c25-20-14-6-7-15-21(20,16-8-11-17-9-2-1-3-10-17)24-22-18-12-4-5-13-19(18)23-24/h1-5,8-13H,6-7,14-16H2. The normalized spacial score (nSPS) is 21.2. The summed E-state index contributed by atoms with van der Waals surface area (Å²) in [6.45, 7) is 0. The molecule has 1 aromatic heterocycles. The van der Waals surface area contributed by atoms with E-state index in [0.29, 0.717) is 12.8 Å². The van der Waals surface area contributed by atoms with E-state index in [1.54, 1.807) is 4.80 Å². The van der Waals surface area contributed by atoms with Gasteiger partial charge in [0.25, 0.3) is 0 Å². The SMILES string of the molecule is O=C1CCCCC1(CC=Cc1ccccc1)n1nc2ccccc2n1. The Bertz CT molecular complexity index is 880. The molecular weight excluding hydrogens is 310 g/mol. The zero-order chi connectivity index (χ0) is 17.1. The topological polar surface area (TPSA) is 47.8 Å². The minimum absolute atomic E-state index is 0.247. The Balaban J connectivity index is 1.69. The molecule has 4 rings (SSSR count). The van der Waals surface area contributed by atoms with Crippen molar-refractivity contribution in [3.8, 4) is 0 Å². The van der Waals surface area contributed by atoms with Crippen molar-refractivity contribution in [2.75, 3.05) is 0 Å². The van der Waals surface area contributed by atoms with Gasteiger partial charge in [0.2, 0.25) is 0 Å². The second kappa shape index (κ2) is 6.63. The second-order valence-corrected chi connectivity index (χ2v) is 6.66. The van der Waals surface area contributed by atoms with Crippen molar-refractivity contribution in [3.05, 3.63) is 66.2 Å². The number of fused-ring (bicyclic) bond motifs is 1. The zero-order valence-corrected chi connectivity index (χ0v) is 14.1. The highest BCUT2D eigenvalue weighted by Gasteiger charge is 2.42. The zero-order valence-electron chi connectivity index (χ0n) is 14.1. The number of Topliss-reactive ketones (excluding diaryl/α,β-unsaturated/α-hetero) is 1. The first kappa shape index (κ1) is 15.8. The molecule has 3 aromatic rings. The van der Waals surface area contributed by atoms with Crippen LogP contribution in [0.4, 0.5) is 0 Å². The maximum absolute atomic E-state index is 12.9. The van der Waals surface area contributed by atoms with E-state index in [2.05, 4.69) is 34.5 Å². The molecule has 1 unspecified atom stereocenters. The molecular formula is C21H21N3O. The van der Waals surface area contributed by atoms with Crippen LogP contribution in [-0.2, 0) is 10.3 Å². The first-order valence-electron chi connectivity index (χ1n) is 8.85. The van der Waals surface area contributed by atoms with Gasteiger partial charge in [-0.15, -0.1) is 0 Å². The van der Waals surface area contributed by atoms with Crippen LogP contribution in [0.1, 0.15) is 37.7 Å². The van der Waals surface area contributed by atoms with Crippen molar-refractivity contribution in [1.82, 2.24) is 15.0 Å². The van der Waals surface area contributed by atoms with Gasteiger partial charge in [-0.2, -0.15) is 15.0 Å². The van der Waals surface area contributed by atoms with E-state index in [1.807, 2.05) is 42.5 Å². The molecule has 0 bridgehead atoms. The van der Waals surface area contributed by atoms with Gasteiger partial charge in [-0.1, -0.05) is 61.0 Å². The summed E-state index contributed by atoms with van der Waals surface area (Å²) in [6.07, 6.45) is 8.19. The molecule has 0 saturated heterocycles. The van der Waals surface area contributed by atoms with Gasteiger partial charge in [-0.3, -0.25) is 4.79 Å². The second-order valence-electron chi connectivity index (χ2n) is 6.66. The summed E-state index contributed by atoms with van der Waals surface area (Å²) in [7, 11) is 0. The van der Waals surface area contributed by atoms with Crippen LogP contribution in [0.25, 0.3) is 17.1 Å². The molecule has 1 saturated carbocycles. The molecule has 1 heterocycles. The van der Waals surface area contributed by atoms with Crippen LogP contribution in [0.3, 0.4) is 0 Å². The number of aromatic nitrogens is 3. The average molecular weight is 331 g/mol. The van der Waals surface area contributed by atoms with Crippen LogP contribution >= 0.6 is 0 Å². The molecule has 0 radical (unpaired) electrons. The van der Waals surface area contributed by atoms with Crippen LogP contribution in [0.5, 0.6) is 0 Å². The van der Waals surface area contributed by atoms with Crippen molar-refractivity contribution in [2.24, 2.45) is 0 Å². The Morgan fingerprint density at radius 3 is 2.32 bits per heavy atom. The van der Waals surface area contributed by atoms with E-state index in [9.17, 15) is 4.79 Å². The third kappa shape index (κ3) is 3.00. The van der Waals surface area contributed by atoms with E-state index in [0.717, 1.165) is 35.9 Å². The number of benzene rings is 2. The highest BCUT2D eigenvalue weighted by Crippen LogP contribution is 2.35. The van der Waals surface area contributed by atoms with E-state index >= 15 is 0 Å². The molecule has 0 amide bonds. The summed E-state index contributed by atoms with van der Waals surface area (Å²) in [5.41, 5.74) is 2.17. The van der Waals surface area contributed by atoms with Gasteiger partial charge in [0.15, 0.2) is 5.78 Å². The molecule has 1 atom stereocenters. The summed E-state index contributed by atoms with van der Waals surface area (Å²) >= 11 is 0. The van der Waals surface area contributed by atoms with Crippen LogP contribution < -0.4 is 0 Å². The Labute approximate surface area is 147 Å². The molecule has 4 nitrogen and oxygen atoms in total. The average Bonchev–Trinajstić information content (AvgIpc) is 3.09. The number of hydrogen-bond acceptors (Lipinski definition) is 3. The van der Waals surface area contributed by atoms with Crippen LogP contribution in [0.2, 0.25) is 0 Å². The van der Waals surface area contributed by atoms with Crippen LogP contribution in [-0.4, -0.2) is 20.8 Å². The lowest BCUT2D eigenvalue weighted by atomic mass is 9.78. The number of rotatable bonds is 4. The van der Waals surface area contributed by atoms with Gasteiger partial charge in [0, 0.05) is 6.42 Å². The van der Waals surface area contributed by atoms with Crippen molar-refractivity contribution in [2.45, 2.75) is 37.6 Å². The van der Waals surface area contributed by atoms with E-state index < -0.39 is 5.54 Å². The molecule has 0 N–H and O–H groups in total. The maximum Gasteiger partial charge on any atom is 0.162 e. The number of nitrogens with zero attached hydrogens (tertiary/aromatic N) is 3.